The Balaban J connectivity index is 1.79. The van der Waals surface area contributed by atoms with E-state index in [2.05, 4.69) is 5.32 Å². The van der Waals surface area contributed by atoms with Gasteiger partial charge in [0.05, 0.1) is 24.8 Å². The number of nitrogens with one attached hydrogen (secondary N) is 1. The smallest absolute Gasteiger partial charge is 0.323 e. The standard InChI is InChI=1S/C26H22N2O4/c1-32-24(30)21-20-23(29)28(19-15-9-4-10-16-19)25(31)26(20,18-13-7-3-8-14-18)22(27-21)17-11-5-2-6-12-17/h2-16,20-22,27H,1H3/t20-,21+,22+,26+/m0/s1. The van der Waals surface area contributed by atoms with Gasteiger partial charge in [0.25, 0.3) is 0 Å². The summed E-state index contributed by atoms with van der Waals surface area (Å²) in [5.41, 5.74) is 0.704. The highest BCUT2D eigenvalue weighted by Crippen LogP contribution is 2.56. The van der Waals surface area contributed by atoms with Gasteiger partial charge in [0.2, 0.25) is 11.8 Å². The van der Waals surface area contributed by atoms with Crippen molar-refractivity contribution in [3.63, 3.8) is 0 Å². The second-order valence-electron chi connectivity index (χ2n) is 8.04. The van der Waals surface area contributed by atoms with Crippen molar-refractivity contribution in [3.05, 3.63) is 102 Å². The molecule has 0 aliphatic carbocycles. The molecule has 4 atom stereocenters. The van der Waals surface area contributed by atoms with Crippen molar-refractivity contribution in [2.24, 2.45) is 5.92 Å². The van der Waals surface area contributed by atoms with Crippen molar-refractivity contribution in [1.82, 2.24) is 5.32 Å². The zero-order valence-electron chi connectivity index (χ0n) is 17.5. The van der Waals surface area contributed by atoms with Crippen LogP contribution in [0.3, 0.4) is 0 Å². The van der Waals surface area contributed by atoms with Crippen LogP contribution in [0.1, 0.15) is 17.2 Å². The number of benzene rings is 3. The monoisotopic (exact) mass is 426 g/mol. The number of carbonyl (C=O) groups excluding carboxylic acids is 3. The molecule has 0 radical (unpaired) electrons. The summed E-state index contributed by atoms with van der Waals surface area (Å²) >= 11 is 0. The topological polar surface area (TPSA) is 75.7 Å². The van der Waals surface area contributed by atoms with E-state index in [-0.39, 0.29) is 5.91 Å². The van der Waals surface area contributed by atoms with Gasteiger partial charge in [0.15, 0.2) is 0 Å². The lowest BCUT2D eigenvalue weighted by Gasteiger charge is -2.33. The third kappa shape index (κ3) is 2.73. The first-order chi connectivity index (χ1) is 15.6. The Hall–Kier alpha value is -3.77. The van der Waals surface area contributed by atoms with Gasteiger partial charge in [-0.25, -0.2) is 4.90 Å². The van der Waals surface area contributed by atoms with Gasteiger partial charge in [-0.2, -0.15) is 0 Å². The van der Waals surface area contributed by atoms with Crippen molar-refractivity contribution in [2.45, 2.75) is 17.5 Å². The zero-order valence-corrected chi connectivity index (χ0v) is 17.5. The molecular weight excluding hydrogens is 404 g/mol. The molecule has 5 rings (SSSR count). The molecule has 0 aromatic heterocycles. The number of hydrogen-bond acceptors (Lipinski definition) is 5. The lowest BCUT2D eigenvalue weighted by Crippen LogP contribution is -2.45. The second-order valence-corrected chi connectivity index (χ2v) is 8.04. The molecule has 160 valence electrons. The summed E-state index contributed by atoms with van der Waals surface area (Å²) in [6, 6.07) is 26.0. The van der Waals surface area contributed by atoms with E-state index in [0.717, 1.165) is 5.56 Å². The van der Waals surface area contributed by atoms with Crippen molar-refractivity contribution >= 4 is 23.5 Å². The number of anilines is 1. The number of imide groups is 1. The normalized spacial score (nSPS) is 26.8. The fraction of sp³-hybridized carbons (Fsp3) is 0.192. The first kappa shape index (κ1) is 20.2. The molecule has 6 nitrogen and oxygen atoms in total. The number of esters is 1. The van der Waals surface area contributed by atoms with Crippen molar-refractivity contribution in [1.29, 1.82) is 0 Å². The van der Waals surface area contributed by atoms with E-state index >= 15 is 0 Å². The van der Waals surface area contributed by atoms with Gasteiger partial charge >= 0.3 is 5.97 Å². The van der Waals surface area contributed by atoms with Crippen LogP contribution in [0.25, 0.3) is 0 Å². The SMILES string of the molecule is COC(=O)[C@@H]1N[C@H](c2ccccc2)[C@]2(c3ccccc3)C(=O)N(c3ccccc3)C(=O)[C@H]12. The summed E-state index contributed by atoms with van der Waals surface area (Å²) in [5.74, 6) is -2.27. The molecular formula is C26H22N2O4. The maximum absolute atomic E-state index is 14.3. The predicted molar refractivity (Wildman–Crippen MR) is 119 cm³/mol. The summed E-state index contributed by atoms with van der Waals surface area (Å²) in [4.78, 5) is 42.2. The Morgan fingerprint density at radius 2 is 1.44 bits per heavy atom. The van der Waals surface area contributed by atoms with Crippen LogP contribution in [-0.2, 0) is 24.5 Å². The average molecular weight is 426 g/mol. The average Bonchev–Trinajstić information content (AvgIpc) is 3.32. The number of hydrogen-bond donors (Lipinski definition) is 1. The van der Waals surface area contributed by atoms with Crippen LogP contribution in [0, 0.1) is 5.92 Å². The van der Waals surface area contributed by atoms with Crippen molar-refractivity contribution < 1.29 is 19.1 Å². The van der Waals surface area contributed by atoms with Gasteiger partial charge in [-0.15, -0.1) is 0 Å². The first-order valence-electron chi connectivity index (χ1n) is 10.5. The number of methoxy groups -OCH3 is 1. The molecule has 2 aliphatic heterocycles. The minimum atomic E-state index is -1.30. The minimum absolute atomic E-state index is 0.349. The van der Waals surface area contributed by atoms with Gasteiger partial charge in [0.1, 0.15) is 11.5 Å². The number of carbonyl (C=O) groups is 3. The van der Waals surface area contributed by atoms with E-state index in [9.17, 15) is 14.4 Å². The molecule has 3 aromatic rings. The molecule has 0 bridgehead atoms. The molecule has 2 fully saturated rings. The van der Waals surface area contributed by atoms with E-state index in [1.165, 1.54) is 12.0 Å². The number of amides is 2. The number of nitrogens with zero attached hydrogens (tertiary/aromatic N) is 1. The highest BCUT2D eigenvalue weighted by molar-refractivity contribution is 6.27. The van der Waals surface area contributed by atoms with Gasteiger partial charge in [-0.1, -0.05) is 78.9 Å². The predicted octanol–water partition coefficient (Wildman–Crippen LogP) is 3.00. The van der Waals surface area contributed by atoms with E-state index in [0.29, 0.717) is 11.3 Å². The zero-order chi connectivity index (χ0) is 22.3. The van der Waals surface area contributed by atoms with Crippen LogP contribution in [-0.4, -0.2) is 30.9 Å². The van der Waals surface area contributed by atoms with Crippen LogP contribution in [0.5, 0.6) is 0 Å². The lowest BCUT2D eigenvalue weighted by atomic mass is 9.66. The molecule has 32 heavy (non-hydrogen) atoms. The lowest BCUT2D eigenvalue weighted by molar-refractivity contribution is -0.145. The number of ether oxygens (including phenoxy) is 1. The van der Waals surface area contributed by atoms with Gasteiger partial charge in [-0.3, -0.25) is 19.7 Å². The van der Waals surface area contributed by atoms with Crippen LogP contribution in [0.2, 0.25) is 0 Å². The van der Waals surface area contributed by atoms with Crippen LogP contribution < -0.4 is 10.2 Å². The molecule has 0 unspecified atom stereocenters. The maximum atomic E-state index is 14.3. The minimum Gasteiger partial charge on any atom is -0.468 e. The molecule has 2 heterocycles. The van der Waals surface area contributed by atoms with Gasteiger partial charge in [-0.05, 0) is 23.3 Å². The molecule has 0 spiro atoms. The summed E-state index contributed by atoms with van der Waals surface area (Å²) < 4.78 is 5.05. The van der Waals surface area contributed by atoms with Gasteiger partial charge in [0, 0.05) is 0 Å². The largest absolute Gasteiger partial charge is 0.468 e. The van der Waals surface area contributed by atoms with Crippen LogP contribution >= 0.6 is 0 Å². The molecule has 6 heteroatoms. The highest BCUT2D eigenvalue weighted by atomic mass is 16.5. The quantitative estimate of drug-likeness (QED) is 0.513. The van der Waals surface area contributed by atoms with Crippen LogP contribution in [0.15, 0.2) is 91.0 Å². The molecule has 1 N–H and O–H groups in total. The number of fused-ring (bicyclic) bond motifs is 1. The molecule has 2 saturated heterocycles. The number of rotatable bonds is 4. The molecule has 2 amide bonds. The van der Waals surface area contributed by atoms with Crippen LogP contribution in [0.4, 0.5) is 5.69 Å². The Morgan fingerprint density at radius 3 is 2.03 bits per heavy atom. The van der Waals surface area contributed by atoms with Crippen molar-refractivity contribution in [3.8, 4) is 0 Å². The third-order valence-electron chi connectivity index (χ3n) is 6.52. The van der Waals surface area contributed by atoms with E-state index in [1.807, 2.05) is 66.7 Å². The second kappa shape index (κ2) is 7.73. The summed E-state index contributed by atoms with van der Waals surface area (Å²) in [6.45, 7) is 0. The Labute approximate surface area is 185 Å². The van der Waals surface area contributed by atoms with Gasteiger partial charge < -0.3 is 4.74 Å². The molecule has 0 saturated carbocycles. The van der Waals surface area contributed by atoms with E-state index in [4.69, 9.17) is 4.74 Å². The third-order valence-corrected chi connectivity index (χ3v) is 6.52. The maximum Gasteiger partial charge on any atom is 0.323 e. The summed E-state index contributed by atoms with van der Waals surface area (Å²) in [7, 11) is 1.29. The number of para-hydroxylation sites is 1. The Morgan fingerprint density at radius 1 is 0.875 bits per heavy atom. The van der Waals surface area contributed by atoms with E-state index < -0.39 is 35.3 Å². The van der Waals surface area contributed by atoms with Crippen molar-refractivity contribution in [2.75, 3.05) is 12.0 Å². The Kier molecular flexibility index (Phi) is 4.87. The fourth-order valence-electron chi connectivity index (χ4n) is 5.21. The first-order valence-corrected chi connectivity index (χ1v) is 10.5. The molecule has 3 aromatic carbocycles. The summed E-state index contributed by atoms with van der Waals surface area (Å²) in [6.07, 6.45) is 0. The van der Waals surface area contributed by atoms with E-state index in [1.54, 1.807) is 24.3 Å². The highest BCUT2D eigenvalue weighted by Gasteiger charge is 2.72. The summed E-state index contributed by atoms with van der Waals surface area (Å²) in [5, 5.41) is 3.29. The Bertz CT molecular complexity index is 1170. The fourth-order valence-corrected chi connectivity index (χ4v) is 5.21. The molecule has 2 aliphatic rings.